The summed E-state index contributed by atoms with van der Waals surface area (Å²) in [7, 11) is 0. The van der Waals surface area contributed by atoms with Gasteiger partial charge in [0.05, 0.1) is 12.1 Å². The second kappa shape index (κ2) is 8.74. The van der Waals surface area contributed by atoms with Gasteiger partial charge in [-0.05, 0) is 24.3 Å². The molecule has 0 amide bonds. The van der Waals surface area contributed by atoms with Crippen molar-refractivity contribution in [2.24, 2.45) is 0 Å². The van der Waals surface area contributed by atoms with Crippen LogP contribution in [0.25, 0.3) is 10.6 Å². The normalized spacial score (nSPS) is 10.5. The molecule has 4 nitrogen and oxygen atoms in total. The maximum atomic E-state index is 12.0. The SMILES string of the molecule is O=C(CCC(=O)c1ccc(Cl)cc1)OCc1csc(-c2ccccc2)n1. The first-order chi connectivity index (χ1) is 12.6. The van der Waals surface area contributed by atoms with Crippen LogP contribution in [-0.2, 0) is 16.1 Å². The molecule has 3 aromatic rings. The second-order valence-electron chi connectivity index (χ2n) is 5.60. The molecule has 0 bridgehead atoms. The summed E-state index contributed by atoms with van der Waals surface area (Å²) in [6.07, 6.45) is 0.143. The Morgan fingerprint density at radius 3 is 2.46 bits per heavy atom. The molecule has 0 spiro atoms. The van der Waals surface area contributed by atoms with E-state index in [1.54, 1.807) is 24.3 Å². The minimum absolute atomic E-state index is 0.0388. The molecule has 1 aromatic heterocycles. The Bertz CT molecular complexity index is 891. The van der Waals surface area contributed by atoms with Gasteiger partial charge in [-0.1, -0.05) is 41.9 Å². The Balaban J connectivity index is 1.46. The number of nitrogens with zero attached hydrogens (tertiary/aromatic N) is 1. The Morgan fingerprint density at radius 2 is 1.73 bits per heavy atom. The second-order valence-corrected chi connectivity index (χ2v) is 6.90. The number of rotatable bonds is 7. The van der Waals surface area contributed by atoms with Crippen LogP contribution in [0.15, 0.2) is 60.0 Å². The van der Waals surface area contributed by atoms with Crippen LogP contribution in [0.2, 0.25) is 5.02 Å². The molecule has 0 unspecified atom stereocenters. The highest BCUT2D eigenvalue weighted by atomic mass is 35.5. The van der Waals surface area contributed by atoms with E-state index in [9.17, 15) is 9.59 Å². The highest BCUT2D eigenvalue weighted by molar-refractivity contribution is 7.13. The lowest BCUT2D eigenvalue weighted by Crippen LogP contribution is -2.08. The lowest BCUT2D eigenvalue weighted by Gasteiger charge is -2.03. The Hall–Kier alpha value is -2.50. The first-order valence-corrected chi connectivity index (χ1v) is 9.32. The van der Waals surface area contributed by atoms with Crippen LogP contribution in [-0.4, -0.2) is 16.7 Å². The van der Waals surface area contributed by atoms with Crippen molar-refractivity contribution in [2.45, 2.75) is 19.4 Å². The van der Waals surface area contributed by atoms with Crippen molar-refractivity contribution in [2.75, 3.05) is 0 Å². The lowest BCUT2D eigenvalue weighted by atomic mass is 10.1. The molecule has 0 radical (unpaired) electrons. The third kappa shape index (κ3) is 5.00. The van der Waals surface area contributed by atoms with Gasteiger partial charge in [0.1, 0.15) is 11.6 Å². The highest BCUT2D eigenvalue weighted by Gasteiger charge is 2.11. The maximum absolute atomic E-state index is 12.0. The topological polar surface area (TPSA) is 56.3 Å². The first kappa shape index (κ1) is 18.3. The van der Waals surface area contributed by atoms with E-state index in [1.165, 1.54) is 11.3 Å². The fourth-order valence-electron chi connectivity index (χ4n) is 2.31. The van der Waals surface area contributed by atoms with Gasteiger partial charge in [-0.25, -0.2) is 4.98 Å². The van der Waals surface area contributed by atoms with Gasteiger partial charge in [-0.2, -0.15) is 0 Å². The van der Waals surface area contributed by atoms with Gasteiger partial charge in [0.2, 0.25) is 0 Å². The van der Waals surface area contributed by atoms with Gasteiger partial charge >= 0.3 is 5.97 Å². The number of ether oxygens (including phenoxy) is 1. The largest absolute Gasteiger partial charge is 0.459 e. The molecule has 6 heteroatoms. The molecule has 1 heterocycles. The third-order valence-electron chi connectivity index (χ3n) is 3.68. The Morgan fingerprint density at radius 1 is 1.00 bits per heavy atom. The van der Waals surface area contributed by atoms with Crippen LogP contribution in [0.1, 0.15) is 28.9 Å². The van der Waals surface area contributed by atoms with Crippen LogP contribution in [0, 0.1) is 0 Å². The van der Waals surface area contributed by atoms with Gasteiger partial charge in [0.25, 0.3) is 0 Å². The van der Waals surface area contributed by atoms with E-state index in [-0.39, 0.29) is 25.2 Å². The quantitative estimate of drug-likeness (QED) is 0.416. The van der Waals surface area contributed by atoms with E-state index in [0.717, 1.165) is 10.6 Å². The number of benzene rings is 2. The van der Waals surface area contributed by atoms with E-state index in [2.05, 4.69) is 4.98 Å². The van der Waals surface area contributed by atoms with E-state index < -0.39 is 5.97 Å². The summed E-state index contributed by atoms with van der Waals surface area (Å²) in [6, 6.07) is 16.4. The summed E-state index contributed by atoms with van der Waals surface area (Å²) in [5, 5.41) is 3.32. The lowest BCUT2D eigenvalue weighted by molar-refractivity contribution is -0.145. The summed E-state index contributed by atoms with van der Waals surface area (Å²) in [5.41, 5.74) is 2.27. The molecule has 0 aliphatic heterocycles. The molecular formula is C20H16ClNO3S. The molecule has 0 atom stereocenters. The van der Waals surface area contributed by atoms with Gasteiger partial charge < -0.3 is 4.74 Å². The predicted molar refractivity (Wildman–Crippen MR) is 102 cm³/mol. The number of aromatic nitrogens is 1. The molecule has 26 heavy (non-hydrogen) atoms. The van der Waals surface area contributed by atoms with Gasteiger partial charge in [0, 0.05) is 28.0 Å². The minimum atomic E-state index is -0.415. The molecule has 0 saturated heterocycles. The summed E-state index contributed by atoms with van der Waals surface area (Å²) < 4.78 is 5.21. The number of ketones is 1. The Labute approximate surface area is 160 Å². The summed E-state index contributed by atoms with van der Waals surface area (Å²) >= 11 is 7.30. The molecule has 132 valence electrons. The number of carbonyl (C=O) groups excluding carboxylic acids is 2. The van der Waals surface area contributed by atoms with Gasteiger partial charge in [-0.15, -0.1) is 11.3 Å². The molecular weight excluding hydrogens is 370 g/mol. The minimum Gasteiger partial charge on any atom is -0.459 e. The summed E-state index contributed by atoms with van der Waals surface area (Å²) in [6.45, 7) is 0.108. The fraction of sp³-hybridized carbons (Fsp3) is 0.150. The van der Waals surface area contributed by atoms with Crippen molar-refractivity contribution in [1.82, 2.24) is 4.98 Å². The molecule has 0 aliphatic rings. The third-order valence-corrected chi connectivity index (χ3v) is 4.87. The van der Waals surface area contributed by atoms with E-state index in [1.807, 2.05) is 35.7 Å². The first-order valence-electron chi connectivity index (χ1n) is 8.06. The predicted octanol–water partition coefficient (Wildman–Crippen LogP) is 5.17. The highest BCUT2D eigenvalue weighted by Crippen LogP contribution is 2.23. The van der Waals surface area contributed by atoms with Crippen molar-refractivity contribution in [3.63, 3.8) is 0 Å². The number of hydrogen-bond acceptors (Lipinski definition) is 5. The summed E-state index contributed by atoms with van der Waals surface area (Å²) in [5.74, 6) is -0.528. The summed E-state index contributed by atoms with van der Waals surface area (Å²) in [4.78, 5) is 28.4. The molecule has 2 aromatic carbocycles. The number of thiazole rings is 1. The molecule has 0 aliphatic carbocycles. The van der Waals surface area contributed by atoms with E-state index in [4.69, 9.17) is 16.3 Å². The van der Waals surface area contributed by atoms with Gasteiger partial charge in [0.15, 0.2) is 5.78 Å². The van der Waals surface area contributed by atoms with Crippen LogP contribution in [0.4, 0.5) is 0 Å². The van der Waals surface area contributed by atoms with Crippen molar-refractivity contribution < 1.29 is 14.3 Å². The Kier molecular flexibility index (Phi) is 6.15. The zero-order valence-corrected chi connectivity index (χ0v) is 15.4. The zero-order valence-electron chi connectivity index (χ0n) is 13.9. The van der Waals surface area contributed by atoms with Crippen molar-refractivity contribution in [3.05, 3.63) is 76.3 Å². The molecule has 3 rings (SSSR count). The molecule has 0 fully saturated rings. The monoisotopic (exact) mass is 385 g/mol. The van der Waals surface area contributed by atoms with Crippen LogP contribution in [0.5, 0.6) is 0 Å². The smallest absolute Gasteiger partial charge is 0.306 e. The number of Topliss-reactive ketones (excluding diaryl/α,β-unsaturated/α-hetero) is 1. The maximum Gasteiger partial charge on any atom is 0.306 e. The zero-order chi connectivity index (χ0) is 18.4. The van der Waals surface area contributed by atoms with E-state index in [0.29, 0.717) is 16.3 Å². The van der Waals surface area contributed by atoms with Crippen molar-refractivity contribution >= 4 is 34.7 Å². The number of carbonyl (C=O) groups is 2. The van der Waals surface area contributed by atoms with Crippen LogP contribution >= 0.6 is 22.9 Å². The van der Waals surface area contributed by atoms with Crippen molar-refractivity contribution in [3.8, 4) is 10.6 Å². The number of esters is 1. The fourth-order valence-corrected chi connectivity index (χ4v) is 3.25. The average Bonchev–Trinajstić information content (AvgIpc) is 3.15. The van der Waals surface area contributed by atoms with Crippen LogP contribution < -0.4 is 0 Å². The average molecular weight is 386 g/mol. The number of halogens is 1. The van der Waals surface area contributed by atoms with Crippen LogP contribution in [0.3, 0.4) is 0 Å². The van der Waals surface area contributed by atoms with Gasteiger partial charge in [-0.3, -0.25) is 9.59 Å². The standard InChI is InChI=1S/C20H16ClNO3S/c21-16-8-6-14(7-9-16)18(23)10-11-19(24)25-12-17-13-26-20(22-17)15-4-2-1-3-5-15/h1-9,13H,10-12H2. The number of hydrogen-bond donors (Lipinski definition) is 0. The molecule has 0 N–H and O–H groups in total. The van der Waals surface area contributed by atoms with Crippen molar-refractivity contribution in [1.29, 1.82) is 0 Å². The molecule has 0 saturated carbocycles. The van der Waals surface area contributed by atoms with E-state index >= 15 is 0 Å².